The number of amides is 2. The summed E-state index contributed by atoms with van der Waals surface area (Å²) in [7, 11) is 0. The van der Waals surface area contributed by atoms with E-state index in [1.54, 1.807) is 4.90 Å². The van der Waals surface area contributed by atoms with Crippen LogP contribution in [0.1, 0.15) is 19.3 Å². The lowest BCUT2D eigenvalue weighted by Crippen LogP contribution is -2.45. The van der Waals surface area contributed by atoms with Gasteiger partial charge in [0.1, 0.15) is 11.7 Å². The number of carboxylic acid groups (broad SMARTS) is 1. The third kappa shape index (κ3) is 3.11. The summed E-state index contributed by atoms with van der Waals surface area (Å²) in [6, 6.07) is 5.62. The van der Waals surface area contributed by atoms with Gasteiger partial charge in [0, 0.05) is 25.3 Å². The molecule has 0 bridgehead atoms. The Bertz CT molecular complexity index is 653. The van der Waals surface area contributed by atoms with Crippen molar-refractivity contribution in [1.29, 1.82) is 0 Å². The molecule has 0 saturated carbocycles. The van der Waals surface area contributed by atoms with Gasteiger partial charge < -0.3 is 14.9 Å². The first kappa shape index (κ1) is 16.4. The third-order valence-corrected chi connectivity index (χ3v) is 4.80. The van der Waals surface area contributed by atoms with Crippen LogP contribution in [0.15, 0.2) is 24.3 Å². The molecule has 2 amide bonds. The van der Waals surface area contributed by atoms with Crippen molar-refractivity contribution in [1.82, 2.24) is 4.90 Å². The first-order chi connectivity index (χ1) is 11.5. The van der Waals surface area contributed by atoms with Gasteiger partial charge in [-0.25, -0.2) is 4.39 Å². The molecule has 2 fully saturated rings. The van der Waals surface area contributed by atoms with E-state index in [-0.39, 0.29) is 17.6 Å². The summed E-state index contributed by atoms with van der Waals surface area (Å²) in [5.41, 5.74) is 0.585. The van der Waals surface area contributed by atoms with Crippen molar-refractivity contribution >= 4 is 23.5 Å². The fraction of sp³-hybridized carbons (Fsp3) is 0.471. The van der Waals surface area contributed by atoms with E-state index in [4.69, 9.17) is 5.11 Å². The van der Waals surface area contributed by atoms with Crippen LogP contribution >= 0.6 is 0 Å². The molecule has 6 nitrogen and oxygen atoms in total. The van der Waals surface area contributed by atoms with E-state index in [9.17, 15) is 18.8 Å². The number of piperidine rings is 1. The number of aliphatic carboxylic acids is 1. The maximum Gasteiger partial charge on any atom is 0.306 e. The van der Waals surface area contributed by atoms with Gasteiger partial charge in [-0.15, -0.1) is 0 Å². The Labute approximate surface area is 138 Å². The van der Waals surface area contributed by atoms with Crippen molar-refractivity contribution in [2.75, 3.05) is 24.5 Å². The first-order valence-electron chi connectivity index (χ1n) is 8.06. The van der Waals surface area contributed by atoms with Gasteiger partial charge in [0.25, 0.3) is 0 Å². The average molecular weight is 334 g/mol. The molecule has 0 aliphatic carbocycles. The van der Waals surface area contributed by atoms with Gasteiger partial charge in [0.15, 0.2) is 0 Å². The summed E-state index contributed by atoms with van der Waals surface area (Å²) in [5.74, 6) is -2.85. The number of halogens is 1. The van der Waals surface area contributed by atoms with E-state index in [1.165, 1.54) is 29.2 Å². The number of nitrogens with zero attached hydrogens (tertiary/aromatic N) is 2. The highest BCUT2D eigenvalue weighted by atomic mass is 19.1. The van der Waals surface area contributed by atoms with Crippen molar-refractivity contribution < 1.29 is 23.9 Å². The zero-order valence-electron chi connectivity index (χ0n) is 13.2. The number of anilines is 1. The van der Waals surface area contributed by atoms with E-state index in [0.29, 0.717) is 44.6 Å². The highest BCUT2D eigenvalue weighted by Gasteiger charge is 2.40. The van der Waals surface area contributed by atoms with Crippen molar-refractivity contribution in [3.05, 3.63) is 30.1 Å². The van der Waals surface area contributed by atoms with Crippen molar-refractivity contribution in [3.63, 3.8) is 0 Å². The molecule has 1 N–H and O–H groups in total. The number of rotatable bonds is 3. The quantitative estimate of drug-likeness (QED) is 0.850. The van der Waals surface area contributed by atoms with Crippen LogP contribution in [0, 0.1) is 17.7 Å². The minimum Gasteiger partial charge on any atom is -0.481 e. The summed E-state index contributed by atoms with van der Waals surface area (Å²) in [6.07, 6.45) is 1.27. The zero-order chi connectivity index (χ0) is 17.3. The lowest BCUT2D eigenvalue weighted by atomic mass is 9.95. The third-order valence-electron chi connectivity index (χ3n) is 4.80. The number of carbonyl (C=O) groups is 3. The number of likely N-dealkylation sites (tertiary alicyclic amines) is 1. The lowest BCUT2D eigenvalue weighted by molar-refractivity contribution is -0.148. The second kappa shape index (κ2) is 6.59. The average Bonchev–Trinajstić information content (AvgIpc) is 2.96. The second-order valence-corrected chi connectivity index (χ2v) is 6.25. The topological polar surface area (TPSA) is 77.9 Å². The molecule has 2 aliphatic heterocycles. The van der Waals surface area contributed by atoms with E-state index in [0.717, 1.165) is 0 Å². The highest BCUT2D eigenvalue weighted by Crippen LogP contribution is 2.28. The van der Waals surface area contributed by atoms with Crippen LogP contribution in [0.25, 0.3) is 0 Å². The standard InChI is InChI=1S/C17H19FN2O4/c18-12-1-3-13(4-2-12)20-10-7-14(16(20)22)15(21)19-8-5-11(6-9-19)17(23)24/h1-4,11,14H,5-10H2,(H,23,24). The van der Waals surface area contributed by atoms with Gasteiger partial charge in [-0.05, 0) is 43.5 Å². The number of carbonyl (C=O) groups excluding carboxylic acids is 2. The van der Waals surface area contributed by atoms with Gasteiger partial charge >= 0.3 is 5.97 Å². The molecule has 7 heteroatoms. The number of hydrogen-bond acceptors (Lipinski definition) is 3. The smallest absolute Gasteiger partial charge is 0.306 e. The Morgan fingerprint density at radius 1 is 1.04 bits per heavy atom. The summed E-state index contributed by atoms with van der Waals surface area (Å²) in [6.45, 7) is 1.17. The maximum absolute atomic E-state index is 13.0. The van der Waals surface area contributed by atoms with E-state index < -0.39 is 17.8 Å². The maximum atomic E-state index is 13.0. The van der Waals surface area contributed by atoms with Crippen LogP contribution in [0.2, 0.25) is 0 Å². The Balaban J connectivity index is 1.64. The van der Waals surface area contributed by atoms with Crippen LogP contribution in [-0.2, 0) is 14.4 Å². The summed E-state index contributed by atoms with van der Waals surface area (Å²) in [5, 5.41) is 9.01. The molecule has 2 heterocycles. The first-order valence-corrected chi connectivity index (χ1v) is 8.06. The summed E-state index contributed by atoms with van der Waals surface area (Å²) in [4.78, 5) is 39.2. The minimum atomic E-state index is -0.832. The molecule has 0 aromatic heterocycles. The Hall–Kier alpha value is -2.44. The highest BCUT2D eigenvalue weighted by molar-refractivity contribution is 6.09. The molecule has 0 spiro atoms. The van der Waals surface area contributed by atoms with E-state index >= 15 is 0 Å². The Morgan fingerprint density at radius 3 is 2.25 bits per heavy atom. The van der Waals surface area contributed by atoms with Crippen LogP contribution in [0.5, 0.6) is 0 Å². The molecule has 2 saturated heterocycles. The Morgan fingerprint density at radius 2 is 1.67 bits per heavy atom. The summed E-state index contributed by atoms with van der Waals surface area (Å²) < 4.78 is 13.0. The van der Waals surface area contributed by atoms with Crippen LogP contribution in [0.3, 0.4) is 0 Å². The molecular weight excluding hydrogens is 315 g/mol. The van der Waals surface area contributed by atoms with Crippen molar-refractivity contribution in [2.24, 2.45) is 11.8 Å². The van der Waals surface area contributed by atoms with Gasteiger partial charge in [0.05, 0.1) is 5.92 Å². The molecule has 1 aromatic rings. The zero-order valence-corrected chi connectivity index (χ0v) is 13.2. The van der Waals surface area contributed by atoms with Gasteiger partial charge in [0.2, 0.25) is 11.8 Å². The van der Waals surface area contributed by atoms with Crippen LogP contribution in [-0.4, -0.2) is 47.4 Å². The number of benzene rings is 1. The van der Waals surface area contributed by atoms with Crippen LogP contribution in [0.4, 0.5) is 10.1 Å². The van der Waals surface area contributed by atoms with Crippen molar-refractivity contribution in [2.45, 2.75) is 19.3 Å². The molecule has 1 aromatic carbocycles. The normalized spacial score (nSPS) is 22.0. The second-order valence-electron chi connectivity index (χ2n) is 6.25. The molecule has 2 aliphatic rings. The number of hydrogen-bond donors (Lipinski definition) is 1. The van der Waals surface area contributed by atoms with E-state index in [1.807, 2.05) is 0 Å². The number of carboxylic acids is 1. The summed E-state index contributed by atoms with van der Waals surface area (Å²) >= 11 is 0. The molecule has 0 radical (unpaired) electrons. The van der Waals surface area contributed by atoms with Gasteiger partial charge in [-0.1, -0.05) is 0 Å². The fourth-order valence-electron chi connectivity index (χ4n) is 3.35. The monoisotopic (exact) mass is 334 g/mol. The minimum absolute atomic E-state index is 0.228. The Kier molecular flexibility index (Phi) is 4.51. The molecule has 1 atom stereocenters. The predicted molar refractivity (Wildman–Crippen MR) is 83.8 cm³/mol. The molecule has 1 unspecified atom stereocenters. The lowest BCUT2D eigenvalue weighted by Gasteiger charge is -2.31. The molecular formula is C17H19FN2O4. The fourth-order valence-corrected chi connectivity index (χ4v) is 3.35. The van der Waals surface area contributed by atoms with Gasteiger partial charge in [-0.3, -0.25) is 14.4 Å². The van der Waals surface area contributed by atoms with E-state index in [2.05, 4.69) is 0 Å². The predicted octanol–water partition coefficient (Wildman–Crippen LogP) is 1.50. The van der Waals surface area contributed by atoms with Crippen LogP contribution < -0.4 is 4.90 Å². The van der Waals surface area contributed by atoms with Crippen molar-refractivity contribution in [3.8, 4) is 0 Å². The SMILES string of the molecule is O=C(O)C1CCN(C(=O)C2CCN(c3ccc(F)cc3)C2=O)CC1. The molecule has 128 valence electrons. The molecule has 3 rings (SSSR count). The largest absolute Gasteiger partial charge is 0.481 e. The molecule has 24 heavy (non-hydrogen) atoms. The van der Waals surface area contributed by atoms with Gasteiger partial charge in [-0.2, -0.15) is 0 Å².